The highest BCUT2D eigenvalue weighted by Gasteiger charge is 2.26. The van der Waals surface area contributed by atoms with Gasteiger partial charge in [-0.2, -0.15) is 0 Å². The summed E-state index contributed by atoms with van der Waals surface area (Å²) in [4.78, 5) is 0. The molecule has 0 amide bonds. The maximum Gasteiger partial charge on any atom is 0.128 e. The van der Waals surface area contributed by atoms with Gasteiger partial charge in [0.25, 0.3) is 0 Å². The summed E-state index contributed by atoms with van der Waals surface area (Å²) < 4.78 is 5.91. The van der Waals surface area contributed by atoms with Gasteiger partial charge in [-0.1, -0.05) is 72.3 Å². The molecule has 0 unspecified atom stereocenters. The minimum atomic E-state index is 0.670. The highest BCUT2D eigenvalue weighted by molar-refractivity contribution is 6.30. The first-order chi connectivity index (χ1) is 13.3. The standard InChI is InChI=1S/C25H21ClO/c26-22-16-14-21(15-17-22)25(20-12-13-20)11-5-7-19-6-4-10-24(18-19)27-23-8-2-1-3-9-23/h1-11,14-18,20H,12-13H2/b7-5+,25-11+. The summed E-state index contributed by atoms with van der Waals surface area (Å²) in [6.07, 6.45) is 9.01. The maximum absolute atomic E-state index is 6.02. The van der Waals surface area contributed by atoms with Gasteiger partial charge in [-0.05, 0) is 71.9 Å². The number of para-hydroxylation sites is 1. The normalized spacial score (nSPS) is 14.5. The van der Waals surface area contributed by atoms with Gasteiger partial charge in [0, 0.05) is 5.02 Å². The number of ether oxygens (including phenoxy) is 1. The number of allylic oxidation sites excluding steroid dienone is 3. The average Bonchev–Trinajstić information content (AvgIpc) is 3.52. The third-order valence-corrected chi connectivity index (χ3v) is 4.85. The second kappa shape index (κ2) is 8.28. The molecule has 0 saturated heterocycles. The van der Waals surface area contributed by atoms with Crippen molar-refractivity contribution in [3.8, 4) is 11.5 Å². The van der Waals surface area contributed by atoms with E-state index in [0.29, 0.717) is 5.92 Å². The first kappa shape index (κ1) is 17.6. The van der Waals surface area contributed by atoms with E-state index in [1.807, 2.05) is 54.6 Å². The summed E-state index contributed by atoms with van der Waals surface area (Å²) in [7, 11) is 0. The van der Waals surface area contributed by atoms with Crippen LogP contribution in [0.15, 0.2) is 91.0 Å². The first-order valence-corrected chi connectivity index (χ1v) is 9.63. The molecule has 1 fully saturated rings. The van der Waals surface area contributed by atoms with Crippen LogP contribution in [0.25, 0.3) is 11.6 Å². The van der Waals surface area contributed by atoms with E-state index in [4.69, 9.17) is 16.3 Å². The molecule has 0 aromatic heterocycles. The first-order valence-electron chi connectivity index (χ1n) is 9.25. The molecule has 0 N–H and O–H groups in total. The van der Waals surface area contributed by atoms with Crippen LogP contribution in [0.1, 0.15) is 24.0 Å². The molecule has 134 valence electrons. The molecule has 1 aliphatic rings. The molecule has 0 atom stereocenters. The Bertz CT molecular complexity index is 951. The van der Waals surface area contributed by atoms with Crippen molar-refractivity contribution in [2.75, 3.05) is 0 Å². The number of rotatable bonds is 6. The Morgan fingerprint density at radius 1 is 0.852 bits per heavy atom. The quantitative estimate of drug-likeness (QED) is 0.404. The van der Waals surface area contributed by atoms with Crippen LogP contribution in [-0.2, 0) is 0 Å². The fraction of sp³-hybridized carbons (Fsp3) is 0.120. The summed E-state index contributed by atoms with van der Waals surface area (Å²) in [5.41, 5.74) is 3.76. The van der Waals surface area contributed by atoms with E-state index in [9.17, 15) is 0 Å². The van der Waals surface area contributed by atoms with E-state index < -0.39 is 0 Å². The second-order valence-corrected chi connectivity index (χ2v) is 7.19. The zero-order chi connectivity index (χ0) is 18.5. The van der Waals surface area contributed by atoms with Gasteiger partial charge in [0.15, 0.2) is 0 Å². The minimum absolute atomic E-state index is 0.670. The van der Waals surface area contributed by atoms with Gasteiger partial charge < -0.3 is 4.74 Å². The van der Waals surface area contributed by atoms with E-state index in [2.05, 4.69) is 42.5 Å². The third kappa shape index (κ3) is 4.90. The molecule has 3 aromatic rings. The lowest BCUT2D eigenvalue weighted by atomic mass is 10.0. The Hall–Kier alpha value is -2.77. The van der Waals surface area contributed by atoms with Gasteiger partial charge in [0.1, 0.15) is 11.5 Å². The largest absolute Gasteiger partial charge is 0.457 e. The molecule has 1 saturated carbocycles. The monoisotopic (exact) mass is 372 g/mol. The van der Waals surface area contributed by atoms with Gasteiger partial charge in [0.05, 0.1) is 0 Å². The summed E-state index contributed by atoms with van der Waals surface area (Å²) in [6, 6.07) is 26.1. The van der Waals surface area contributed by atoms with Gasteiger partial charge in [-0.3, -0.25) is 0 Å². The zero-order valence-electron chi connectivity index (χ0n) is 15.0. The summed E-state index contributed by atoms with van der Waals surface area (Å²) in [5, 5.41) is 0.777. The molecule has 1 aliphatic carbocycles. The summed E-state index contributed by atoms with van der Waals surface area (Å²) >= 11 is 6.02. The van der Waals surface area contributed by atoms with Crippen LogP contribution in [-0.4, -0.2) is 0 Å². The zero-order valence-corrected chi connectivity index (χ0v) is 15.8. The van der Waals surface area contributed by atoms with Gasteiger partial charge >= 0.3 is 0 Å². The fourth-order valence-corrected chi connectivity index (χ4v) is 3.20. The number of benzene rings is 3. The Morgan fingerprint density at radius 2 is 1.59 bits per heavy atom. The van der Waals surface area contributed by atoms with E-state index in [1.165, 1.54) is 24.0 Å². The van der Waals surface area contributed by atoms with Crippen molar-refractivity contribution in [2.45, 2.75) is 12.8 Å². The van der Waals surface area contributed by atoms with Crippen LogP contribution < -0.4 is 4.74 Å². The Labute approximate surface area is 165 Å². The smallest absolute Gasteiger partial charge is 0.128 e. The molecule has 0 spiro atoms. The van der Waals surface area contributed by atoms with Crippen LogP contribution in [0.5, 0.6) is 11.5 Å². The molecule has 4 rings (SSSR count). The summed E-state index contributed by atoms with van der Waals surface area (Å²) in [5.74, 6) is 2.35. The van der Waals surface area contributed by atoms with Crippen LogP contribution in [0.4, 0.5) is 0 Å². The van der Waals surface area contributed by atoms with Gasteiger partial charge in [-0.15, -0.1) is 0 Å². The van der Waals surface area contributed by atoms with E-state index in [-0.39, 0.29) is 0 Å². The highest BCUT2D eigenvalue weighted by Crippen LogP contribution is 2.42. The van der Waals surface area contributed by atoms with Crippen molar-refractivity contribution in [1.29, 1.82) is 0 Å². The Kier molecular flexibility index (Phi) is 5.41. The van der Waals surface area contributed by atoms with Crippen molar-refractivity contribution >= 4 is 23.3 Å². The number of halogens is 1. The predicted molar refractivity (Wildman–Crippen MR) is 114 cm³/mol. The number of hydrogen-bond donors (Lipinski definition) is 0. The summed E-state index contributed by atoms with van der Waals surface area (Å²) in [6.45, 7) is 0. The Balaban J connectivity index is 1.50. The molecule has 0 bridgehead atoms. The Morgan fingerprint density at radius 3 is 2.33 bits per heavy atom. The molecule has 2 heteroatoms. The van der Waals surface area contributed by atoms with Crippen LogP contribution in [0, 0.1) is 5.92 Å². The fourth-order valence-electron chi connectivity index (χ4n) is 3.07. The molecular formula is C25H21ClO. The van der Waals surface area contributed by atoms with E-state index in [0.717, 1.165) is 22.1 Å². The average molecular weight is 373 g/mol. The lowest BCUT2D eigenvalue weighted by Crippen LogP contribution is -1.86. The topological polar surface area (TPSA) is 9.23 Å². The molecule has 0 aliphatic heterocycles. The maximum atomic E-state index is 6.02. The molecule has 3 aromatic carbocycles. The van der Waals surface area contributed by atoms with Crippen LogP contribution in [0.3, 0.4) is 0 Å². The van der Waals surface area contributed by atoms with Crippen molar-refractivity contribution in [1.82, 2.24) is 0 Å². The SMILES string of the molecule is Clc1ccc(/C(=C/C=C/c2cccc(Oc3ccccc3)c2)C2CC2)cc1. The van der Waals surface area contributed by atoms with Crippen molar-refractivity contribution in [3.05, 3.63) is 107 Å². The van der Waals surface area contributed by atoms with Crippen molar-refractivity contribution < 1.29 is 4.74 Å². The van der Waals surface area contributed by atoms with Crippen molar-refractivity contribution in [2.24, 2.45) is 5.92 Å². The highest BCUT2D eigenvalue weighted by atomic mass is 35.5. The molecular weight excluding hydrogens is 352 g/mol. The van der Waals surface area contributed by atoms with Crippen LogP contribution in [0.2, 0.25) is 5.02 Å². The molecule has 27 heavy (non-hydrogen) atoms. The lowest BCUT2D eigenvalue weighted by Gasteiger charge is -2.06. The van der Waals surface area contributed by atoms with Crippen LogP contribution >= 0.6 is 11.6 Å². The molecule has 0 radical (unpaired) electrons. The molecule has 1 nitrogen and oxygen atoms in total. The van der Waals surface area contributed by atoms with Gasteiger partial charge in [-0.25, -0.2) is 0 Å². The second-order valence-electron chi connectivity index (χ2n) is 6.75. The van der Waals surface area contributed by atoms with Gasteiger partial charge in [0.2, 0.25) is 0 Å². The third-order valence-electron chi connectivity index (χ3n) is 4.60. The minimum Gasteiger partial charge on any atom is -0.457 e. The van der Waals surface area contributed by atoms with E-state index in [1.54, 1.807) is 0 Å². The van der Waals surface area contributed by atoms with Crippen molar-refractivity contribution in [3.63, 3.8) is 0 Å². The predicted octanol–water partition coefficient (Wildman–Crippen LogP) is 7.64. The lowest BCUT2D eigenvalue weighted by molar-refractivity contribution is 0.482. The van der Waals surface area contributed by atoms with E-state index >= 15 is 0 Å². The molecule has 0 heterocycles. The number of hydrogen-bond acceptors (Lipinski definition) is 1.